The summed E-state index contributed by atoms with van der Waals surface area (Å²) < 4.78 is 0. The van der Waals surface area contributed by atoms with Gasteiger partial charge >= 0.3 is 13.1 Å². The Morgan fingerprint density at radius 1 is 1.53 bits per heavy atom. The first-order valence-electron chi connectivity index (χ1n) is 6.00. The van der Waals surface area contributed by atoms with Crippen LogP contribution in [0.2, 0.25) is 6.32 Å². The number of carboxylic acids is 1. The molecule has 0 radical (unpaired) electrons. The standard InChI is InChI=1S/C10H18BNO4S/c13-9(14)8-10(2-1-4-11(15)16)3-5-17-7(10)6-12-8/h7-8,12,15-16H,1-6H2,(H,13,14)/t7-,8+,10-/m0/s1. The lowest BCUT2D eigenvalue weighted by atomic mass is 9.71. The van der Waals surface area contributed by atoms with Crippen LogP contribution in [0.1, 0.15) is 19.3 Å². The molecular weight excluding hydrogens is 241 g/mol. The van der Waals surface area contributed by atoms with Crippen molar-refractivity contribution >= 4 is 24.8 Å². The lowest BCUT2D eigenvalue weighted by Gasteiger charge is -2.32. The third kappa shape index (κ3) is 2.47. The van der Waals surface area contributed by atoms with Gasteiger partial charge in [-0.25, -0.2) is 0 Å². The van der Waals surface area contributed by atoms with Crippen molar-refractivity contribution in [3.63, 3.8) is 0 Å². The lowest BCUT2D eigenvalue weighted by molar-refractivity contribution is -0.142. The van der Waals surface area contributed by atoms with Crippen LogP contribution in [0.25, 0.3) is 0 Å². The number of carboxylic acid groups (broad SMARTS) is 1. The fourth-order valence-corrected chi connectivity index (χ4v) is 4.82. The van der Waals surface area contributed by atoms with Crippen LogP contribution in [0.5, 0.6) is 0 Å². The van der Waals surface area contributed by atoms with Crippen molar-refractivity contribution in [1.82, 2.24) is 5.32 Å². The second-order valence-electron chi connectivity index (χ2n) is 4.89. The van der Waals surface area contributed by atoms with Crippen molar-refractivity contribution in [2.75, 3.05) is 12.3 Å². The molecule has 7 heteroatoms. The van der Waals surface area contributed by atoms with Crippen LogP contribution in [0.15, 0.2) is 0 Å². The maximum atomic E-state index is 11.3. The van der Waals surface area contributed by atoms with Crippen molar-refractivity contribution in [2.24, 2.45) is 5.41 Å². The molecule has 0 aromatic heterocycles. The van der Waals surface area contributed by atoms with Gasteiger partial charge in [-0.15, -0.1) is 0 Å². The molecular formula is C10H18BNO4S. The molecule has 0 aromatic rings. The van der Waals surface area contributed by atoms with E-state index in [0.717, 1.165) is 25.1 Å². The summed E-state index contributed by atoms with van der Waals surface area (Å²) in [7, 11) is -1.28. The van der Waals surface area contributed by atoms with Gasteiger partial charge in [-0.05, 0) is 24.9 Å². The van der Waals surface area contributed by atoms with E-state index in [-0.39, 0.29) is 5.41 Å². The Morgan fingerprint density at radius 2 is 2.29 bits per heavy atom. The van der Waals surface area contributed by atoms with Crippen LogP contribution in [-0.2, 0) is 4.79 Å². The van der Waals surface area contributed by atoms with Crippen molar-refractivity contribution in [1.29, 1.82) is 0 Å². The number of fused-ring (bicyclic) bond motifs is 1. The minimum atomic E-state index is -1.28. The first kappa shape index (κ1) is 13.2. The van der Waals surface area contributed by atoms with Gasteiger partial charge in [0.1, 0.15) is 6.04 Å². The van der Waals surface area contributed by atoms with Crippen molar-refractivity contribution in [2.45, 2.75) is 36.9 Å². The van der Waals surface area contributed by atoms with Gasteiger partial charge < -0.3 is 20.5 Å². The van der Waals surface area contributed by atoms with Gasteiger partial charge in [-0.2, -0.15) is 11.8 Å². The first-order valence-corrected chi connectivity index (χ1v) is 7.05. The molecule has 5 nitrogen and oxygen atoms in total. The summed E-state index contributed by atoms with van der Waals surface area (Å²) in [6.45, 7) is 0.753. The zero-order valence-electron chi connectivity index (χ0n) is 9.63. The van der Waals surface area contributed by atoms with E-state index in [0.29, 0.717) is 18.0 Å². The molecule has 0 aliphatic carbocycles. The molecule has 96 valence electrons. The summed E-state index contributed by atoms with van der Waals surface area (Å²) in [5.74, 6) is 0.234. The van der Waals surface area contributed by atoms with Gasteiger partial charge in [0.25, 0.3) is 0 Å². The third-order valence-corrected chi connectivity index (χ3v) is 5.44. The number of nitrogens with one attached hydrogen (secondary N) is 1. The van der Waals surface area contributed by atoms with Crippen molar-refractivity contribution in [3.05, 3.63) is 0 Å². The molecule has 2 rings (SSSR count). The molecule has 0 amide bonds. The SMILES string of the molecule is O=C(O)[C@H]1NC[C@@H]2SCC[C@@]21CCCB(O)O. The Morgan fingerprint density at radius 3 is 2.94 bits per heavy atom. The molecule has 2 saturated heterocycles. The second-order valence-corrected chi connectivity index (χ2v) is 6.21. The fourth-order valence-electron chi connectivity index (χ4n) is 3.12. The van der Waals surface area contributed by atoms with E-state index in [9.17, 15) is 9.90 Å². The van der Waals surface area contributed by atoms with E-state index in [4.69, 9.17) is 10.0 Å². The van der Waals surface area contributed by atoms with E-state index in [1.807, 2.05) is 11.8 Å². The highest BCUT2D eigenvalue weighted by Gasteiger charge is 2.55. The third-order valence-electron chi connectivity index (χ3n) is 3.96. The number of rotatable bonds is 5. The van der Waals surface area contributed by atoms with Gasteiger partial charge in [0.2, 0.25) is 0 Å². The average molecular weight is 259 g/mol. The zero-order valence-corrected chi connectivity index (χ0v) is 10.4. The average Bonchev–Trinajstić information content (AvgIpc) is 2.73. The Hall–Kier alpha value is -0.235. The maximum Gasteiger partial charge on any atom is 0.451 e. The molecule has 0 unspecified atom stereocenters. The van der Waals surface area contributed by atoms with Gasteiger partial charge in [0.15, 0.2) is 0 Å². The van der Waals surface area contributed by atoms with Crippen LogP contribution >= 0.6 is 11.8 Å². The normalized spacial score (nSPS) is 35.9. The minimum Gasteiger partial charge on any atom is -0.480 e. The molecule has 2 aliphatic heterocycles. The van der Waals surface area contributed by atoms with E-state index in [2.05, 4.69) is 5.32 Å². The van der Waals surface area contributed by atoms with Gasteiger partial charge in [0.05, 0.1) is 0 Å². The highest BCUT2D eigenvalue weighted by Crippen LogP contribution is 2.51. The summed E-state index contributed by atoms with van der Waals surface area (Å²) in [6, 6.07) is -0.474. The second kappa shape index (κ2) is 5.18. The molecule has 17 heavy (non-hydrogen) atoms. The van der Waals surface area contributed by atoms with Gasteiger partial charge in [-0.1, -0.05) is 6.42 Å². The number of hydrogen-bond donors (Lipinski definition) is 4. The Kier molecular flexibility index (Phi) is 4.02. The Balaban J connectivity index is 2.03. The van der Waals surface area contributed by atoms with Crippen LogP contribution in [-0.4, -0.2) is 51.8 Å². The zero-order chi connectivity index (χ0) is 12.5. The molecule has 2 heterocycles. The smallest absolute Gasteiger partial charge is 0.451 e. The highest BCUT2D eigenvalue weighted by atomic mass is 32.2. The van der Waals surface area contributed by atoms with Crippen LogP contribution in [0, 0.1) is 5.41 Å². The molecule has 3 atom stereocenters. The topological polar surface area (TPSA) is 89.8 Å². The quantitative estimate of drug-likeness (QED) is 0.511. The fraction of sp³-hybridized carbons (Fsp3) is 0.900. The molecule has 0 aromatic carbocycles. The predicted octanol–water partition coefficient (Wildman–Crippen LogP) is -0.212. The van der Waals surface area contributed by atoms with Gasteiger partial charge in [0, 0.05) is 17.2 Å². The van der Waals surface area contributed by atoms with E-state index >= 15 is 0 Å². The maximum absolute atomic E-state index is 11.3. The predicted molar refractivity (Wildman–Crippen MR) is 67.0 cm³/mol. The highest BCUT2D eigenvalue weighted by molar-refractivity contribution is 8.00. The largest absolute Gasteiger partial charge is 0.480 e. The number of thioether (sulfide) groups is 1. The Bertz CT molecular complexity index is 304. The van der Waals surface area contributed by atoms with E-state index < -0.39 is 19.1 Å². The lowest BCUT2D eigenvalue weighted by Crippen LogP contribution is -2.44. The van der Waals surface area contributed by atoms with Crippen LogP contribution in [0.4, 0.5) is 0 Å². The summed E-state index contributed by atoms with van der Waals surface area (Å²) in [4.78, 5) is 11.3. The molecule has 0 saturated carbocycles. The Labute approximate surface area is 105 Å². The van der Waals surface area contributed by atoms with Crippen molar-refractivity contribution < 1.29 is 19.9 Å². The summed E-state index contributed by atoms with van der Waals surface area (Å²) in [6.07, 6.45) is 2.66. The number of hydrogen-bond acceptors (Lipinski definition) is 5. The summed E-state index contributed by atoms with van der Waals surface area (Å²) in [5.41, 5.74) is -0.189. The minimum absolute atomic E-state index is 0.189. The monoisotopic (exact) mass is 259 g/mol. The van der Waals surface area contributed by atoms with Crippen LogP contribution in [0.3, 0.4) is 0 Å². The summed E-state index contributed by atoms with van der Waals surface area (Å²) in [5, 5.41) is 30.4. The molecule has 4 N–H and O–H groups in total. The van der Waals surface area contributed by atoms with E-state index in [1.54, 1.807) is 0 Å². The first-order chi connectivity index (χ1) is 8.06. The molecule has 2 aliphatic rings. The molecule has 2 fully saturated rings. The van der Waals surface area contributed by atoms with Gasteiger partial charge in [-0.3, -0.25) is 4.79 Å². The van der Waals surface area contributed by atoms with Crippen molar-refractivity contribution in [3.8, 4) is 0 Å². The van der Waals surface area contributed by atoms with Crippen LogP contribution < -0.4 is 5.32 Å². The number of aliphatic carboxylic acids is 1. The summed E-state index contributed by atoms with van der Waals surface area (Å²) >= 11 is 1.84. The molecule has 0 spiro atoms. The molecule has 0 bridgehead atoms. The number of carbonyl (C=O) groups is 1. The van der Waals surface area contributed by atoms with E-state index in [1.165, 1.54) is 0 Å².